The van der Waals surface area contributed by atoms with Crippen molar-refractivity contribution in [3.8, 4) is 11.5 Å². The minimum absolute atomic E-state index is 0.155. The maximum Gasteiger partial charge on any atom is 0.251 e. The molecular weight excluding hydrogens is 374 g/mol. The van der Waals surface area contributed by atoms with Crippen molar-refractivity contribution in [3.05, 3.63) is 43.3 Å². The molecule has 0 bridgehead atoms. The molecule has 0 saturated carbocycles. The number of aromatic amines is 1. The predicted molar refractivity (Wildman–Crippen MR) is 82.0 cm³/mol. The number of nitrogens with zero attached hydrogens (tertiary/aromatic N) is 2. The third kappa shape index (κ3) is 3.73. The lowest BCUT2D eigenvalue weighted by Crippen LogP contribution is -2.12. The minimum Gasteiger partial charge on any atom is -0.305 e. The quantitative estimate of drug-likeness (QED) is 0.877. The molecule has 2 aromatic rings. The van der Waals surface area contributed by atoms with Crippen LogP contribution in [0.1, 0.15) is 19.5 Å². The van der Waals surface area contributed by atoms with Gasteiger partial charge in [0.25, 0.3) is 5.56 Å². The Morgan fingerprint density at radius 3 is 2.68 bits per heavy atom. The fraction of sp³-hybridized carbons (Fsp3) is 0.308. The van der Waals surface area contributed by atoms with Gasteiger partial charge in [0, 0.05) is 26.9 Å². The van der Waals surface area contributed by atoms with Crippen molar-refractivity contribution in [1.29, 1.82) is 0 Å². The summed E-state index contributed by atoms with van der Waals surface area (Å²) < 4.78 is 1.65. The van der Waals surface area contributed by atoms with E-state index in [9.17, 15) is 4.79 Å². The van der Waals surface area contributed by atoms with Crippen LogP contribution in [0, 0.1) is 5.92 Å². The van der Waals surface area contributed by atoms with Gasteiger partial charge in [-0.15, -0.1) is 0 Å². The van der Waals surface area contributed by atoms with E-state index in [4.69, 9.17) is 0 Å². The Morgan fingerprint density at radius 1 is 1.32 bits per heavy atom. The molecule has 6 heteroatoms. The van der Waals surface area contributed by atoms with Crippen LogP contribution in [0.5, 0.6) is 0 Å². The molecule has 4 nitrogen and oxygen atoms in total. The maximum atomic E-state index is 11.7. The largest absolute Gasteiger partial charge is 0.305 e. The summed E-state index contributed by atoms with van der Waals surface area (Å²) in [6.45, 7) is 4.19. The second-order valence-corrected chi connectivity index (χ2v) is 6.44. The van der Waals surface area contributed by atoms with Crippen LogP contribution < -0.4 is 5.56 Å². The first-order valence-corrected chi connectivity index (χ1v) is 7.46. The molecule has 0 amide bonds. The van der Waals surface area contributed by atoms with E-state index in [1.807, 2.05) is 6.07 Å². The van der Waals surface area contributed by atoms with Gasteiger partial charge in [0.15, 0.2) is 5.82 Å². The molecule has 2 rings (SSSR count). The zero-order valence-corrected chi connectivity index (χ0v) is 13.7. The molecule has 0 aliphatic carbocycles. The number of nitrogens with one attached hydrogen (secondary N) is 1. The maximum absolute atomic E-state index is 11.7. The molecule has 0 aliphatic heterocycles. The SMILES string of the molecule is CC(C)Cc1cc(=O)[nH]c(-c2ncc(Br)cc2Br)n1. The minimum atomic E-state index is -0.155. The molecule has 0 aliphatic rings. The van der Waals surface area contributed by atoms with Gasteiger partial charge in [-0.1, -0.05) is 13.8 Å². The summed E-state index contributed by atoms with van der Waals surface area (Å²) in [4.78, 5) is 23.2. The molecule has 0 atom stereocenters. The predicted octanol–water partition coefficient (Wildman–Crippen LogP) is 3.56. The van der Waals surface area contributed by atoms with Crippen LogP contribution in [0.2, 0.25) is 0 Å². The number of H-pyrrole nitrogens is 1. The third-order valence-electron chi connectivity index (χ3n) is 2.44. The van der Waals surface area contributed by atoms with Gasteiger partial charge in [-0.3, -0.25) is 9.78 Å². The van der Waals surface area contributed by atoms with E-state index in [2.05, 4.69) is 60.7 Å². The van der Waals surface area contributed by atoms with Crippen LogP contribution >= 0.6 is 31.9 Å². The summed E-state index contributed by atoms with van der Waals surface area (Å²) in [6, 6.07) is 3.41. The molecule has 0 saturated heterocycles. The summed E-state index contributed by atoms with van der Waals surface area (Å²) >= 11 is 6.77. The van der Waals surface area contributed by atoms with E-state index < -0.39 is 0 Å². The van der Waals surface area contributed by atoms with E-state index in [1.54, 1.807) is 6.20 Å². The van der Waals surface area contributed by atoms with Crippen molar-refractivity contribution in [1.82, 2.24) is 15.0 Å². The van der Waals surface area contributed by atoms with Gasteiger partial charge in [-0.05, 0) is 50.3 Å². The first-order chi connectivity index (χ1) is 8.95. The molecular formula is C13H13Br2N3O. The number of pyridine rings is 1. The standard InChI is InChI=1S/C13H13Br2N3O/c1-7(2)3-9-5-11(19)18-13(17-9)12-10(15)4-8(14)6-16-12/h4-7H,3H2,1-2H3,(H,17,18,19). The second kappa shape index (κ2) is 5.96. The van der Waals surface area contributed by atoms with Crippen LogP contribution in [0.3, 0.4) is 0 Å². The lowest BCUT2D eigenvalue weighted by atomic mass is 10.1. The highest BCUT2D eigenvalue weighted by atomic mass is 79.9. The van der Waals surface area contributed by atoms with Crippen molar-refractivity contribution in [2.24, 2.45) is 5.92 Å². The van der Waals surface area contributed by atoms with Crippen LogP contribution in [0.15, 0.2) is 32.1 Å². The lowest BCUT2D eigenvalue weighted by molar-refractivity contribution is 0.633. The van der Waals surface area contributed by atoms with Gasteiger partial charge in [0.05, 0.1) is 0 Å². The average Bonchev–Trinajstić information content (AvgIpc) is 2.26. The first-order valence-electron chi connectivity index (χ1n) is 5.87. The Balaban J connectivity index is 2.50. The molecule has 0 spiro atoms. The number of halogens is 2. The Hall–Kier alpha value is -1.01. The van der Waals surface area contributed by atoms with Crippen LogP contribution in [0.25, 0.3) is 11.5 Å². The third-order valence-corrected chi connectivity index (χ3v) is 3.48. The Morgan fingerprint density at radius 2 is 2.05 bits per heavy atom. The molecule has 0 aromatic carbocycles. The average molecular weight is 387 g/mol. The summed E-state index contributed by atoms with van der Waals surface area (Å²) in [5.74, 6) is 0.936. The number of hydrogen-bond donors (Lipinski definition) is 1. The van der Waals surface area contributed by atoms with E-state index >= 15 is 0 Å². The van der Waals surface area contributed by atoms with Crippen molar-refractivity contribution < 1.29 is 0 Å². The van der Waals surface area contributed by atoms with Crippen molar-refractivity contribution >= 4 is 31.9 Å². The molecule has 19 heavy (non-hydrogen) atoms. The Bertz CT molecular complexity index is 653. The normalized spacial score (nSPS) is 11.0. The van der Waals surface area contributed by atoms with Gasteiger partial charge < -0.3 is 4.98 Å². The summed E-state index contributed by atoms with van der Waals surface area (Å²) in [6.07, 6.45) is 2.44. The van der Waals surface area contributed by atoms with Crippen molar-refractivity contribution in [2.45, 2.75) is 20.3 Å². The highest BCUT2D eigenvalue weighted by Crippen LogP contribution is 2.25. The smallest absolute Gasteiger partial charge is 0.251 e. The Kier molecular flexibility index (Phi) is 4.52. The molecule has 2 heterocycles. The highest BCUT2D eigenvalue weighted by molar-refractivity contribution is 9.11. The summed E-state index contributed by atoms with van der Waals surface area (Å²) in [5.41, 5.74) is 1.26. The fourth-order valence-electron chi connectivity index (χ4n) is 1.73. The number of rotatable bonds is 3. The van der Waals surface area contributed by atoms with E-state index in [0.717, 1.165) is 21.1 Å². The second-order valence-electron chi connectivity index (χ2n) is 4.67. The first kappa shape index (κ1) is 14.4. The molecule has 0 fully saturated rings. The van der Waals surface area contributed by atoms with Gasteiger partial charge in [0.2, 0.25) is 0 Å². The van der Waals surface area contributed by atoms with Crippen LogP contribution in [-0.2, 0) is 6.42 Å². The van der Waals surface area contributed by atoms with E-state index in [1.165, 1.54) is 6.07 Å². The molecule has 2 aromatic heterocycles. The zero-order chi connectivity index (χ0) is 14.0. The van der Waals surface area contributed by atoms with Gasteiger partial charge in [0.1, 0.15) is 5.69 Å². The van der Waals surface area contributed by atoms with Gasteiger partial charge in [-0.25, -0.2) is 4.98 Å². The molecule has 0 unspecified atom stereocenters. The van der Waals surface area contributed by atoms with Crippen molar-refractivity contribution in [2.75, 3.05) is 0 Å². The monoisotopic (exact) mass is 385 g/mol. The highest BCUT2D eigenvalue weighted by Gasteiger charge is 2.10. The van der Waals surface area contributed by atoms with Crippen molar-refractivity contribution in [3.63, 3.8) is 0 Å². The van der Waals surface area contributed by atoms with E-state index in [0.29, 0.717) is 17.4 Å². The fourth-order valence-corrected chi connectivity index (χ4v) is 2.91. The van der Waals surface area contributed by atoms with Gasteiger partial charge in [-0.2, -0.15) is 0 Å². The van der Waals surface area contributed by atoms with Crippen LogP contribution in [0.4, 0.5) is 0 Å². The molecule has 0 radical (unpaired) electrons. The lowest BCUT2D eigenvalue weighted by Gasteiger charge is -2.07. The topological polar surface area (TPSA) is 58.6 Å². The number of aromatic nitrogens is 3. The molecule has 100 valence electrons. The summed E-state index contributed by atoms with van der Waals surface area (Å²) in [5, 5.41) is 0. The molecule has 1 N–H and O–H groups in total. The van der Waals surface area contributed by atoms with Gasteiger partial charge >= 0.3 is 0 Å². The van der Waals surface area contributed by atoms with Crippen LogP contribution in [-0.4, -0.2) is 15.0 Å². The zero-order valence-electron chi connectivity index (χ0n) is 10.6. The van der Waals surface area contributed by atoms with E-state index in [-0.39, 0.29) is 5.56 Å². The Labute approximate surface area is 128 Å². The summed E-state index contributed by atoms with van der Waals surface area (Å²) in [7, 11) is 0. The number of hydrogen-bond acceptors (Lipinski definition) is 3.